The van der Waals surface area contributed by atoms with E-state index in [4.69, 9.17) is 0 Å². The molecule has 26 heavy (non-hydrogen) atoms. The van der Waals surface area contributed by atoms with E-state index in [0.717, 1.165) is 44.8 Å². The van der Waals surface area contributed by atoms with Crippen molar-refractivity contribution in [2.24, 2.45) is 0 Å². The molecule has 1 unspecified atom stereocenters. The van der Waals surface area contributed by atoms with Crippen LogP contribution in [0.2, 0.25) is 0 Å². The summed E-state index contributed by atoms with van der Waals surface area (Å²) in [5, 5.41) is 0. The molecule has 6 nitrogen and oxygen atoms in total. The fourth-order valence-corrected chi connectivity index (χ4v) is 3.88. The lowest BCUT2D eigenvalue weighted by atomic mass is 10.1. The Labute approximate surface area is 154 Å². The van der Waals surface area contributed by atoms with E-state index >= 15 is 0 Å². The topological polar surface area (TPSA) is 52.6 Å². The van der Waals surface area contributed by atoms with Crippen LogP contribution in [0.4, 0.5) is 11.6 Å². The van der Waals surface area contributed by atoms with Gasteiger partial charge in [-0.2, -0.15) is 0 Å². The predicted molar refractivity (Wildman–Crippen MR) is 102 cm³/mol. The lowest BCUT2D eigenvalue weighted by Crippen LogP contribution is -2.48. The second-order valence-corrected chi connectivity index (χ2v) is 7.05. The van der Waals surface area contributed by atoms with Crippen LogP contribution < -0.4 is 4.90 Å². The van der Waals surface area contributed by atoms with E-state index in [1.165, 1.54) is 5.56 Å². The van der Waals surface area contributed by atoms with Crippen molar-refractivity contribution in [3.05, 3.63) is 47.8 Å². The third kappa shape index (κ3) is 3.05. The van der Waals surface area contributed by atoms with Crippen LogP contribution in [0.5, 0.6) is 0 Å². The maximum absolute atomic E-state index is 12.7. The van der Waals surface area contributed by atoms with E-state index < -0.39 is 0 Å². The number of anilines is 2. The number of amides is 1. The first-order valence-electron chi connectivity index (χ1n) is 9.38. The summed E-state index contributed by atoms with van der Waals surface area (Å²) in [7, 11) is 0. The Morgan fingerprint density at radius 1 is 1.12 bits per heavy atom. The molecule has 2 aromatic rings. The Bertz CT molecular complexity index is 783. The van der Waals surface area contributed by atoms with Gasteiger partial charge in [-0.05, 0) is 31.5 Å². The fourth-order valence-electron chi connectivity index (χ4n) is 3.88. The molecule has 0 bridgehead atoms. The molecular weight excluding hydrogens is 326 g/mol. The van der Waals surface area contributed by atoms with Crippen molar-refractivity contribution < 1.29 is 4.79 Å². The third-order valence-corrected chi connectivity index (χ3v) is 5.41. The minimum atomic E-state index is 0.0298. The van der Waals surface area contributed by atoms with Crippen LogP contribution in [0.25, 0.3) is 0 Å². The molecular formula is C20H25N5O. The highest BCUT2D eigenvalue weighted by atomic mass is 16.2. The minimum Gasteiger partial charge on any atom is -0.336 e. The van der Waals surface area contributed by atoms with E-state index in [-0.39, 0.29) is 5.91 Å². The van der Waals surface area contributed by atoms with Crippen molar-refractivity contribution in [3.63, 3.8) is 0 Å². The van der Waals surface area contributed by atoms with Crippen LogP contribution in [0, 0.1) is 0 Å². The molecule has 0 saturated carbocycles. The standard InChI is InChI=1S/C20H25N5O/c1-3-23-8-10-24(11-9-23)19(26)17-13-21-20(22-14-17)25-15(2)12-16-6-4-5-7-18(16)25/h4-7,13-15H,3,8-12H2,1-2H3. The van der Waals surface area contributed by atoms with Crippen LogP contribution in [0.1, 0.15) is 29.8 Å². The van der Waals surface area contributed by atoms with E-state index in [0.29, 0.717) is 17.6 Å². The zero-order chi connectivity index (χ0) is 18.1. The number of likely N-dealkylation sites (N-methyl/N-ethyl adjacent to an activating group) is 1. The van der Waals surface area contributed by atoms with Gasteiger partial charge in [0.1, 0.15) is 0 Å². The quantitative estimate of drug-likeness (QED) is 0.850. The zero-order valence-corrected chi connectivity index (χ0v) is 15.4. The van der Waals surface area contributed by atoms with Crippen LogP contribution >= 0.6 is 0 Å². The van der Waals surface area contributed by atoms with Gasteiger partial charge in [-0.25, -0.2) is 9.97 Å². The maximum Gasteiger partial charge on any atom is 0.257 e. The SMILES string of the molecule is CCN1CCN(C(=O)c2cnc(N3c4ccccc4CC3C)nc2)CC1. The number of hydrogen-bond acceptors (Lipinski definition) is 5. The molecule has 0 radical (unpaired) electrons. The van der Waals surface area contributed by atoms with E-state index in [1.54, 1.807) is 12.4 Å². The van der Waals surface area contributed by atoms with Gasteiger partial charge in [0.25, 0.3) is 5.91 Å². The summed E-state index contributed by atoms with van der Waals surface area (Å²) >= 11 is 0. The van der Waals surface area contributed by atoms with Gasteiger partial charge in [-0.15, -0.1) is 0 Å². The zero-order valence-electron chi connectivity index (χ0n) is 15.4. The van der Waals surface area contributed by atoms with Gasteiger partial charge in [0.2, 0.25) is 5.95 Å². The molecule has 1 aromatic heterocycles. The number of rotatable bonds is 3. The van der Waals surface area contributed by atoms with E-state index in [9.17, 15) is 4.79 Å². The Kier molecular flexibility index (Phi) is 4.59. The Hall–Kier alpha value is -2.47. The highest BCUT2D eigenvalue weighted by molar-refractivity contribution is 5.93. The smallest absolute Gasteiger partial charge is 0.257 e. The molecule has 1 atom stereocenters. The Morgan fingerprint density at radius 2 is 1.81 bits per heavy atom. The van der Waals surface area contributed by atoms with E-state index in [1.807, 2.05) is 11.0 Å². The number of fused-ring (bicyclic) bond motifs is 1. The predicted octanol–water partition coefficient (Wildman–Crippen LogP) is 2.34. The molecule has 1 fully saturated rings. The molecule has 136 valence electrons. The maximum atomic E-state index is 12.7. The first-order valence-corrected chi connectivity index (χ1v) is 9.38. The van der Waals surface area contributed by atoms with Crippen molar-refractivity contribution in [1.29, 1.82) is 0 Å². The molecule has 1 aromatic carbocycles. The number of benzene rings is 1. The number of piperazine rings is 1. The second-order valence-electron chi connectivity index (χ2n) is 7.05. The highest BCUT2D eigenvalue weighted by Gasteiger charge is 2.29. The summed E-state index contributed by atoms with van der Waals surface area (Å²) in [6.45, 7) is 8.77. The molecule has 0 spiro atoms. The second kappa shape index (κ2) is 7.03. The van der Waals surface area contributed by atoms with Crippen LogP contribution in [0.3, 0.4) is 0 Å². The van der Waals surface area contributed by atoms with Crippen molar-refractivity contribution in [2.45, 2.75) is 26.3 Å². The largest absolute Gasteiger partial charge is 0.336 e. The van der Waals surface area contributed by atoms with Crippen molar-refractivity contribution in [1.82, 2.24) is 19.8 Å². The molecule has 2 aliphatic heterocycles. The molecule has 1 amide bonds. The molecule has 0 N–H and O–H groups in total. The average Bonchev–Trinajstić information content (AvgIpc) is 3.03. The minimum absolute atomic E-state index is 0.0298. The van der Waals surface area contributed by atoms with Crippen molar-refractivity contribution in [3.8, 4) is 0 Å². The molecule has 2 aliphatic rings. The number of hydrogen-bond donors (Lipinski definition) is 0. The van der Waals surface area contributed by atoms with Gasteiger partial charge in [-0.3, -0.25) is 4.79 Å². The summed E-state index contributed by atoms with van der Waals surface area (Å²) in [5.74, 6) is 0.692. The average molecular weight is 351 g/mol. The van der Waals surface area contributed by atoms with Gasteiger partial charge < -0.3 is 14.7 Å². The molecule has 6 heteroatoms. The van der Waals surface area contributed by atoms with Gasteiger partial charge in [0.15, 0.2) is 0 Å². The third-order valence-electron chi connectivity index (χ3n) is 5.41. The van der Waals surface area contributed by atoms with Gasteiger partial charge >= 0.3 is 0 Å². The van der Waals surface area contributed by atoms with Crippen molar-refractivity contribution >= 4 is 17.5 Å². The van der Waals surface area contributed by atoms with Gasteiger partial charge in [0, 0.05) is 50.3 Å². The molecule has 0 aliphatic carbocycles. The van der Waals surface area contributed by atoms with Gasteiger partial charge in [-0.1, -0.05) is 25.1 Å². The summed E-state index contributed by atoms with van der Waals surface area (Å²) in [6.07, 6.45) is 4.33. The Morgan fingerprint density at radius 3 is 2.50 bits per heavy atom. The fraction of sp³-hybridized carbons (Fsp3) is 0.450. The number of aromatic nitrogens is 2. The number of nitrogens with zero attached hydrogens (tertiary/aromatic N) is 5. The number of para-hydroxylation sites is 1. The van der Waals surface area contributed by atoms with Gasteiger partial charge in [0.05, 0.1) is 5.56 Å². The lowest BCUT2D eigenvalue weighted by Gasteiger charge is -2.34. The summed E-state index contributed by atoms with van der Waals surface area (Å²) in [5.41, 5.74) is 3.05. The van der Waals surface area contributed by atoms with Crippen molar-refractivity contribution in [2.75, 3.05) is 37.6 Å². The molecule has 3 heterocycles. The lowest BCUT2D eigenvalue weighted by molar-refractivity contribution is 0.0642. The van der Waals surface area contributed by atoms with Crippen LogP contribution in [0.15, 0.2) is 36.7 Å². The number of carbonyl (C=O) groups excluding carboxylic acids is 1. The normalized spacial score (nSPS) is 20.3. The van der Waals surface area contributed by atoms with E-state index in [2.05, 4.69) is 51.8 Å². The number of carbonyl (C=O) groups is 1. The first-order chi connectivity index (χ1) is 12.7. The Balaban J connectivity index is 1.50. The molecule has 4 rings (SSSR count). The summed E-state index contributed by atoms with van der Waals surface area (Å²) in [4.78, 5) is 28.1. The highest BCUT2D eigenvalue weighted by Crippen LogP contribution is 2.36. The first kappa shape index (κ1) is 17.0. The van der Waals surface area contributed by atoms with Crippen LogP contribution in [-0.2, 0) is 6.42 Å². The van der Waals surface area contributed by atoms with Crippen LogP contribution in [-0.4, -0.2) is 64.4 Å². The summed E-state index contributed by atoms with van der Waals surface area (Å²) in [6, 6.07) is 8.68. The molecule has 1 saturated heterocycles. The monoisotopic (exact) mass is 351 g/mol. The summed E-state index contributed by atoms with van der Waals surface area (Å²) < 4.78 is 0.